The van der Waals surface area contributed by atoms with Crippen LogP contribution in [0.2, 0.25) is 0 Å². The zero-order valence-electron chi connectivity index (χ0n) is 72.7. The van der Waals surface area contributed by atoms with Crippen molar-refractivity contribution in [3.63, 3.8) is 0 Å². The molecule has 12 heterocycles. The van der Waals surface area contributed by atoms with E-state index in [1.807, 2.05) is 39.0 Å². The molecule has 0 aromatic carbocycles. The number of fused-ring (bicyclic) bond motifs is 6. The molecule has 36 heteroatoms. The predicted molar refractivity (Wildman–Crippen MR) is 539 cm³/mol. The number of ether oxygens (including phenoxy) is 2. The molecule has 0 saturated carbocycles. The molecule has 0 aliphatic heterocycles. The van der Waals surface area contributed by atoms with Gasteiger partial charge in [-0.05, 0) is 84.5 Å². The second-order valence-electron chi connectivity index (χ2n) is 27.6. The third-order valence-electron chi connectivity index (χ3n) is 16.6. The molecule has 0 amide bonds. The Morgan fingerprint density at radius 1 is 0.323 bits per heavy atom. The van der Waals surface area contributed by atoms with E-state index < -0.39 is 6.10 Å². The quantitative estimate of drug-likeness (QED) is 0.0222. The van der Waals surface area contributed by atoms with E-state index >= 15 is 0 Å². The van der Waals surface area contributed by atoms with E-state index in [4.69, 9.17) is 43.9 Å². The molecular weight excluding hydrogens is 1610 g/mol. The van der Waals surface area contributed by atoms with Crippen LogP contribution in [0.15, 0.2) is 75.9 Å². The lowest BCUT2D eigenvalue weighted by molar-refractivity contribution is -0.159. The predicted octanol–water partition coefficient (Wildman–Crippen LogP) is 20.4. The number of aromatic nitrogens is 24. The topological polar surface area (TPSA) is 511 Å². The summed E-state index contributed by atoms with van der Waals surface area (Å²) >= 11 is 0. The van der Waals surface area contributed by atoms with E-state index in [1.165, 1.54) is 89.8 Å². The highest BCUT2D eigenvalue weighted by molar-refractivity contribution is 5.85. The zero-order valence-corrected chi connectivity index (χ0v) is 72.7. The number of rotatable bonds is 27. The molecule has 0 saturated heterocycles. The van der Waals surface area contributed by atoms with Crippen LogP contribution < -0.4 is 34.4 Å². The molecule has 0 bridgehead atoms. The number of nitrogens with two attached hydrogens (primary N) is 6. The summed E-state index contributed by atoms with van der Waals surface area (Å²) in [4.78, 5) is 95.1. The van der Waals surface area contributed by atoms with Crippen LogP contribution in [0, 0.1) is 11.8 Å². The van der Waals surface area contributed by atoms with Gasteiger partial charge in [-0.3, -0.25) is 9.59 Å². The lowest BCUT2D eigenvalue weighted by atomic mass is 10.1. The van der Waals surface area contributed by atoms with Gasteiger partial charge in [0.15, 0.2) is 80.9 Å². The number of Topliss-reactive ketones (excluding diaryl/α,β-unsaturated/α-hetero) is 2. The van der Waals surface area contributed by atoms with Crippen LogP contribution in [0.25, 0.3) is 67.0 Å². The van der Waals surface area contributed by atoms with Gasteiger partial charge < -0.3 is 81.5 Å². The molecule has 12 rings (SSSR count). The first-order chi connectivity index (χ1) is 55.7. The molecule has 12 aromatic rings. The van der Waals surface area contributed by atoms with Gasteiger partial charge in [-0.15, -0.1) is 0 Å². The van der Waals surface area contributed by atoms with Crippen LogP contribution in [0.4, 0.5) is 34.9 Å². The Hall–Kier alpha value is -10.7. The fourth-order valence-electron chi connectivity index (χ4n) is 9.93. The Balaban J connectivity index is -0.000000154. The minimum atomic E-state index is -0.952. The van der Waals surface area contributed by atoms with Crippen LogP contribution in [0.5, 0.6) is 0 Å². The number of nitrogen functional groups attached to an aromatic ring is 6. The van der Waals surface area contributed by atoms with Crippen molar-refractivity contribution in [1.29, 1.82) is 0 Å². The summed E-state index contributed by atoms with van der Waals surface area (Å²) in [6.07, 6.45) is 32.5. The van der Waals surface area contributed by atoms with Crippen molar-refractivity contribution in [2.75, 3.05) is 41.0 Å². The summed E-state index contributed by atoms with van der Waals surface area (Å²) in [7, 11) is 0. The summed E-state index contributed by atoms with van der Waals surface area (Å²) in [6, 6.07) is 0. The molecule has 6 unspecified atom stereocenters. The third-order valence-corrected chi connectivity index (χ3v) is 16.6. The Labute approximate surface area is 765 Å². The minimum absolute atomic E-state index is 0. The number of nitrogens with zero attached hydrogens (tertiary/aromatic N) is 24. The number of ketones is 2. The third kappa shape index (κ3) is 47.6. The zero-order chi connectivity index (χ0) is 86.7. The molecule has 0 aliphatic carbocycles. The first-order valence-electron chi connectivity index (χ1n) is 40.8. The van der Waals surface area contributed by atoms with E-state index in [-0.39, 0.29) is 112 Å². The molecule has 0 radical (unpaired) electrons. The highest BCUT2D eigenvalue weighted by Gasteiger charge is 2.18. The lowest BCUT2D eigenvalue weighted by Crippen LogP contribution is -2.23. The fraction of sp³-hybridized carbons (Fsp3) is 0.648. The van der Waals surface area contributed by atoms with E-state index in [0.29, 0.717) is 125 Å². The van der Waals surface area contributed by atoms with Gasteiger partial charge in [0.1, 0.15) is 83.0 Å². The fourth-order valence-corrected chi connectivity index (χ4v) is 9.93. The summed E-state index contributed by atoms with van der Waals surface area (Å²) in [5.41, 5.74) is 42.4. The van der Waals surface area contributed by atoms with Gasteiger partial charge in [0.25, 0.3) is 0 Å². The van der Waals surface area contributed by atoms with Crippen molar-refractivity contribution in [1.82, 2.24) is 117 Å². The average molecular weight is 1790 g/mol. The van der Waals surface area contributed by atoms with Gasteiger partial charge in [-0.2, -0.15) is 0 Å². The maximum atomic E-state index is 10.9. The van der Waals surface area contributed by atoms with Gasteiger partial charge in [0, 0.05) is 52.3 Å². The number of hydrogen-bond acceptors (Lipinski definition) is 30. The van der Waals surface area contributed by atoms with Crippen LogP contribution in [0.1, 0.15) is 316 Å². The number of aliphatic hydroxyl groups is 2. The number of hydrogen-bond donors (Lipinski definition) is 8. The Kier molecular flexibility index (Phi) is 83.6. The van der Waals surface area contributed by atoms with Crippen LogP contribution in [0.3, 0.4) is 0 Å². The van der Waals surface area contributed by atoms with Crippen molar-refractivity contribution in [2.24, 2.45) is 11.8 Å². The first kappa shape index (κ1) is 137. The summed E-state index contributed by atoms with van der Waals surface area (Å²) < 4.78 is 22.8. The van der Waals surface area contributed by atoms with Gasteiger partial charge in [-0.1, -0.05) is 237 Å². The van der Waals surface area contributed by atoms with Crippen molar-refractivity contribution in [3.05, 3.63) is 75.9 Å². The molecule has 36 nitrogen and oxygen atoms in total. The molecule has 6 atom stereocenters. The highest BCUT2D eigenvalue weighted by atomic mass is 16.7. The van der Waals surface area contributed by atoms with E-state index in [2.05, 4.69) is 194 Å². The summed E-state index contributed by atoms with van der Waals surface area (Å²) in [6.45, 7) is 46.0. The van der Waals surface area contributed by atoms with E-state index in [1.54, 1.807) is 54.0 Å². The van der Waals surface area contributed by atoms with Gasteiger partial charge in [0.2, 0.25) is 0 Å². The molecule has 14 N–H and O–H groups in total. The second-order valence-corrected chi connectivity index (χ2v) is 27.6. The number of imidazole rings is 6. The van der Waals surface area contributed by atoms with E-state index in [9.17, 15) is 19.8 Å². The lowest BCUT2D eigenvalue weighted by Gasteiger charge is -2.21. The summed E-state index contributed by atoms with van der Waals surface area (Å²) in [5, 5.41) is 18.9. The van der Waals surface area contributed by atoms with Crippen molar-refractivity contribution < 1.29 is 29.3 Å². The average Bonchev–Trinajstić information content (AvgIpc) is 1.71. The number of carbonyl (C=O) groups is 2. The van der Waals surface area contributed by atoms with Crippen molar-refractivity contribution in [3.8, 4) is 0 Å². The van der Waals surface area contributed by atoms with Crippen molar-refractivity contribution >= 4 is 113 Å². The van der Waals surface area contributed by atoms with Crippen LogP contribution in [-0.2, 0) is 58.3 Å². The Morgan fingerprint density at radius 2 is 0.551 bits per heavy atom. The monoisotopic (exact) mass is 1790 g/mol. The SMILES string of the molecule is C.C.C.C.C.C.C.C.C.C.C.CC(=O)C(O)CCn1cnc2c(N)ncnc21.CC(=O)CCn1cnc2c(N)ncnc21.CCC.CCC.CCC.CCC.CCC.CCC(C)CCn1cnc2c(N)ncnc21.CCC(C)CCn1cnc2c(N)ncnc21.CCC(O)CCn1cnc2c(N)ncnc21.CCOC(C)OC(CC)CCn1cnc2c(N)ncnc21. The molecular formula is C91H180N30O6. The number of aliphatic hydroxyl groups excluding tert-OH is 2. The maximum absolute atomic E-state index is 10.9. The molecule has 12 aromatic heterocycles. The van der Waals surface area contributed by atoms with Gasteiger partial charge >= 0.3 is 0 Å². The number of aryl methyl sites for hydroxylation is 6. The van der Waals surface area contributed by atoms with Crippen LogP contribution in [-0.4, -0.2) is 170 Å². The first-order valence-corrected chi connectivity index (χ1v) is 40.8. The van der Waals surface area contributed by atoms with Crippen molar-refractivity contribution in [2.45, 2.75) is 380 Å². The molecule has 730 valence electrons. The summed E-state index contributed by atoms with van der Waals surface area (Å²) in [5.74, 6) is 3.71. The number of anilines is 6. The highest BCUT2D eigenvalue weighted by Crippen LogP contribution is 2.22. The van der Waals surface area contributed by atoms with Gasteiger partial charge in [-0.25, -0.2) is 89.7 Å². The smallest absolute Gasteiger partial charge is 0.165 e. The molecule has 0 spiro atoms. The Bertz CT molecular complexity index is 4410. The Morgan fingerprint density at radius 3 is 0.764 bits per heavy atom. The largest absolute Gasteiger partial charge is 0.393 e. The minimum Gasteiger partial charge on any atom is -0.393 e. The standard InChI is InChI=1S/C14H23N5O2.2C11H17N5.C10H13N5O2.C10H15N5O.C9H11N5O.5C3H8.11CH4/c1-4-11(21-10(3)20-5-2)6-7-19-9-18-12-13(15)16-8-17-14(12)19;2*1-3-8(2)4-5-16-7-15-9-10(12)13-6-14-11(9)16;1-6(16)7(17)2-3-15-5-14-8-9(11)12-4-13-10(8)15;1-2-7(16)3-4-15-6-14-8-9(11)12-5-13-10(8)15;1-6(15)2-3-14-5-13-7-8(10)11-4-12-9(7)14;5*1-3-2;;;;;;;;;;;/h8-11H,4-7H2,1-3H3,(H2,15,16,17);2*6-8H,3-5H2,1-2H3,(H2,12,13,14);4-5,7,17H,2-3H2,1H3,(H2,11,12,13);5-7,16H,2-4H2,1H3,(H2,11,12,13);4-5H,2-3H2,1H3,(H2,10,11,12);5*3H2,1-2H3;11*1H4. The molecule has 0 aliphatic rings. The second kappa shape index (κ2) is 77.6. The molecule has 127 heavy (non-hydrogen) atoms. The molecule has 0 fully saturated rings. The maximum Gasteiger partial charge on any atom is 0.165 e. The number of carbonyl (C=O) groups excluding carboxylic acids is 2. The van der Waals surface area contributed by atoms with Gasteiger partial charge in [0.05, 0.1) is 50.2 Å². The normalized spacial score (nSPS) is 11.0. The van der Waals surface area contributed by atoms with Crippen LogP contribution >= 0.6 is 0 Å². The van der Waals surface area contributed by atoms with E-state index in [0.717, 1.165) is 86.2 Å².